The summed E-state index contributed by atoms with van der Waals surface area (Å²) in [6.07, 6.45) is 0. The number of carbonyl (C=O) groups is 1. The van der Waals surface area contributed by atoms with Gasteiger partial charge in [0.2, 0.25) is 5.91 Å². The second-order valence-electron chi connectivity index (χ2n) is 6.97. The van der Waals surface area contributed by atoms with Gasteiger partial charge in [-0.1, -0.05) is 51.8 Å². The Labute approximate surface area is 174 Å². The van der Waals surface area contributed by atoms with Gasteiger partial charge < -0.3 is 10.6 Å². The van der Waals surface area contributed by atoms with Crippen LogP contribution in [-0.2, 0) is 4.79 Å². The molecule has 1 heterocycles. The Bertz CT molecular complexity index is 979. The molecule has 0 bridgehead atoms. The van der Waals surface area contributed by atoms with Crippen LogP contribution in [0.5, 0.6) is 0 Å². The maximum atomic E-state index is 12.5. The van der Waals surface area contributed by atoms with E-state index < -0.39 is 0 Å². The first-order chi connectivity index (χ1) is 13.4. The smallest absolute Gasteiger partial charge is 0.238 e. The van der Waals surface area contributed by atoms with Crippen LogP contribution in [0.1, 0.15) is 35.5 Å². The molecule has 1 unspecified atom stereocenters. The minimum atomic E-state index is -0.0893. The fourth-order valence-electron chi connectivity index (χ4n) is 3.13. The van der Waals surface area contributed by atoms with Crippen LogP contribution in [0.25, 0.3) is 5.69 Å². The lowest BCUT2D eigenvalue weighted by atomic mass is 10.1. The van der Waals surface area contributed by atoms with E-state index in [4.69, 9.17) is 0 Å². The number of nitrogens with zero attached hydrogens (tertiary/aromatic N) is 2. The number of benzene rings is 2. The summed E-state index contributed by atoms with van der Waals surface area (Å²) in [5.41, 5.74) is 5.77. The lowest BCUT2D eigenvalue weighted by molar-refractivity contribution is -0.115. The molecule has 1 atom stereocenters. The molecule has 0 aliphatic heterocycles. The Morgan fingerprint density at radius 2 is 1.79 bits per heavy atom. The van der Waals surface area contributed by atoms with E-state index in [2.05, 4.69) is 50.7 Å². The zero-order valence-corrected chi connectivity index (χ0v) is 18.2. The monoisotopic (exact) mass is 440 g/mol. The highest BCUT2D eigenvalue weighted by Gasteiger charge is 2.16. The molecule has 146 valence electrons. The minimum absolute atomic E-state index is 0.0544. The van der Waals surface area contributed by atoms with E-state index in [9.17, 15) is 4.79 Å². The number of hydrogen-bond acceptors (Lipinski definition) is 3. The molecule has 0 spiro atoms. The van der Waals surface area contributed by atoms with Gasteiger partial charge >= 0.3 is 0 Å². The summed E-state index contributed by atoms with van der Waals surface area (Å²) in [5, 5.41) is 10.9. The fourth-order valence-corrected chi connectivity index (χ4v) is 3.75. The first-order valence-corrected chi connectivity index (χ1v) is 10.1. The molecule has 6 heteroatoms. The maximum absolute atomic E-state index is 12.5. The molecule has 5 nitrogen and oxygen atoms in total. The summed E-state index contributed by atoms with van der Waals surface area (Å²) in [7, 11) is 0. The second kappa shape index (κ2) is 8.71. The van der Waals surface area contributed by atoms with Crippen molar-refractivity contribution in [2.45, 2.75) is 33.7 Å². The molecule has 0 fully saturated rings. The first kappa shape index (κ1) is 20.3. The molecule has 2 N–H and O–H groups in total. The normalized spacial score (nSPS) is 12.0. The van der Waals surface area contributed by atoms with Crippen LogP contribution in [0.2, 0.25) is 0 Å². The van der Waals surface area contributed by atoms with E-state index >= 15 is 0 Å². The zero-order chi connectivity index (χ0) is 20.3. The third kappa shape index (κ3) is 4.51. The molecular formula is C22H25BrN4O. The molecule has 1 aromatic heterocycles. The number of aryl methyl sites for hydroxylation is 2. The predicted molar refractivity (Wildman–Crippen MR) is 117 cm³/mol. The van der Waals surface area contributed by atoms with Gasteiger partial charge in [-0.25, -0.2) is 4.68 Å². The van der Waals surface area contributed by atoms with E-state index in [1.807, 2.05) is 61.9 Å². The van der Waals surface area contributed by atoms with Crippen molar-refractivity contribution in [2.24, 2.45) is 0 Å². The van der Waals surface area contributed by atoms with Crippen LogP contribution in [0, 0.1) is 20.8 Å². The van der Waals surface area contributed by atoms with Crippen molar-refractivity contribution in [3.05, 3.63) is 75.5 Å². The summed E-state index contributed by atoms with van der Waals surface area (Å²) in [6, 6.07) is 16.2. The molecule has 0 radical (unpaired) electrons. The van der Waals surface area contributed by atoms with E-state index in [1.165, 1.54) is 5.56 Å². The molecule has 0 aliphatic carbocycles. The standard InChI is InChI=1S/C22H25BrN4O/c1-14-9-11-18(12-10-14)27-17(4)22(16(3)26-27)25-21(28)13-24-15(2)19-7-5-6-8-20(19)23/h5-12,15,24H,13H2,1-4H3,(H,25,28). The predicted octanol–water partition coefficient (Wildman–Crippen LogP) is 4.85. The number of aromatic nitrogens is 2. The van der Waals surface area contributed by atoms with E-state index in [1.54, 1.807) is 0 Å². The van der Waals surface area contributed by atoms with Crippen LogP contribution < -0.4 is 10.6 Å². The Kier molecular flexibility index (Phi) is 6.31. The molecule has 3 rings (SSSR count). The van der Waals surface area contributed by atoms with Gasteiger partial charge in [0, 0.05) is 10.5 Å². The van der Waals surface area contributed by atoms with Crippen molar-refractivity contribution in [2.75, 3.05) is 11.9 Å². The van der Waals surface area contributed by atoms with Crippen molar-refractivity contribution < 1.29 is 4.79 Å². The molecule has 3 aromatic rings. The van der Waals surface area contributed by atoms with Gasteiger partial charge in [-0.2, -0.15) is 5.10 Å². The summed E-state index contributed by atoms with van der Waals surface area (Å²) in [5.74, 6) is -0.0893. The second-order valence-corrected chi connectivity index (χ2v) is 7.82. The molecule has 0 aliphatic rings. The summed E-state index contributed by atoms with van der Waals surface area (Å²) >= 11 is 3.55. The van der Waals surface area contributed by atoms with Crippen LogP contribution in [0.4, 0.5) is 5.69 Å². The average molecular weight is 441 g/mol. The highest BCUT2D eigenvalue weighted by molar-refractivity contribution is 9.10. The van der Waals surface area contributed by atoms with Crippen LogP contribution in [-0.4, -0.2) is 22.2 Å². The maximum Gasteiger partial charge on any atom is 0.238 e. The lowest BCUT2D eigenvalue weighted by Gasteiger charge is -2.15. The van der Waals surface area contributed by atoms with Gasteiger partial charge in [0.25, 0.3) is 0 Å². The quantitative estimate of drug-likeness (QED) is 0.575. The summed E-state index contributed by atoms with van der Waals surface area (Å²) in [6.45, 7) is 8.19. The molecule has 1 amide bonds. The van der Waals surface area contributed by atoms with Crippen molar-refractivity contribution in [1.82, 2.24) is 15.1 Å². The Morgan fingerprint density at radius 1 is 1.11 bits per heavy atom. The van der Waals surface area contributed by atoms with Crippen molar-refractivity contribution >= 4 is 27.5 Å². The number of rotatable bonds is 6. The van der Waals surface area contributed by atoms with Gasteiger partial charge in [0.15, 0.2) is 0 Å². The number of carbonyl (C=O) groups excluding carboxylic acids is 1. The highest BCUT2D eigenvalue weighted by atomic mass is 79.9. The van der Waals surface area contributed by atoms with E-state index in [0.29, 0.717) is 0 Å². The number of halogens is 1. The Balaban J connectivity index is 1.67. The molecule has 28 heavy (non-hydrogen) atoms. The summed E-state index contributed by atoms with van der Waals surface area (Å²) in [4.78, 5) is 12.5. The number of amides is 1. The van der Waals surface area contributed by atoms with Crippen molar-refractivity contribution in [1.29, 1.82) is 0 Å². The van der Waals surface area contributed by atoms with Gasteiger partial charge in [-0.3, -0.25) is 4.79 Å². The number of nitrogens with one attached hydrogen (secondary N) is 2. The van der Waals surface area contributed by atoms with Gasteiger partial charge in [0.05, 0.1) is 29.3 Å². The zero-order valence-electron chi connectivity index (χ0n) is 16.6. The average Bonchev–Trinajstić information content (AvgIpc) is 2.95. The lowest BCUT2D eigenvalue weighted by Crippen LogP contribution is -2.30. The Hall–Kier alpha value is -2.44. The van der Waals surface area contributed by atoms with Crippen molar-refractivity contribution in [3.8, 4) is 5.69 Å². The summed E-state index contributed by atoms with van der Waals surface area (Å²) < 4.78 is 2.89. The van der Waals surface area contributed by atoms with Crippen LogP contribution in [0.15, 0.2) is 53.0 Å². The molecule has 0 saturated heterocycles. The number of hydrogen-bond donors (Lipinski definition) is 2. The third-order valence-electron chi connectivity index (χ3n) is 4.77. The highest BCUT2D eigenvalue weighted by Crippen LogP contribution is 2.24. The minimum Gasteiger partial charge on any atom is -0.322 e. The fraction of sp³-hybridized carbons (Fsp3) is 0.273. The third-order valence-corrected chi connectivity index (χ3v) is 5.50. The Morgan fingerprint density at radius 3 is 2.46 bits per heavy atom. The van der Waals surface area contributed by atoms with Crippen LogP contribution >= 0.6 is 15.9 Å². The van der Waals surface area contributed by atoms with Gasteiger partial charge in [-0.05, 0) is 51.5 Å². The van der Waals surface area contributed by atoms with Crippen LogP contribution in [0.3, 0.4) is 0 Å². The SMILES string of the molecule is Cc1ccc(-n2nc(C)c(NC(=O)CNC(C)c3ccccc3Br)c2C)cc1. The van der Waals surface area contributed by atoms with Gasteiger partial charge in [0.1, 0.15) is 0 Å². The first-order valence-electron chi connectivity index (χ1n) is 9.27. The van der Waals surface area contributed by atoms with Crippen molar-refractivity contribution in [3.63, 3.8) is 0 Å². The van der Waals surface area contributed by atoms with E-state index in [-0.39, 0.29) is 18.5 Å². The largest absolute Gasteiger partial charge is 0.322 e. The van der Waals surface area contributed by atoms with Gasteiger partial charge in [-0.15, -0.1) is 0 Å². The van der Waals surface area contributed by atoms with E-state index in [0.717, 1.165) is 32.8 Å². The number of anilines is 1. The molecular weight excluding hydrogens is 416 g/mol. The molecule has 0 saturated carbocycles. The molecule has 2 aromatic carbocycles. The topological polar surface area (TPSA) is 59.0 Å².